The lowest BCUT2D eigenvalue weighted by Crippen LogP contribution is -2.35. The van der Waals surface area contributed by atoms with Gasteiger partial charge in [-0.15, -0.1) is 0 Å². The molecule has 0 saturated carbocycles. The minimum absolute atomic E-state index is 0.0193. The van der Waals surface area contributed by atoms with E-state index in [2.05, 4.69) is 10.6 Å². The minimum atomic E-state index is -0.951. The molecule has 0 atom stereocenters. The fraction of sp³-hybridized carbons (Fsp3) is 0.190. The number of ether oxygens (including phenoxy) is 2. The van der Waals surface area contributed by atoms with E-state index in [1.54, 1.807) is 42.5 Å². The molecule has 30 heavy (non-hydrogen) atoms. The Morgan fingerprint density at radius 2 is 1.87 bits per heavy atom. The lowest BCUT2D eigenvalue weighted by atomic mass is 10.1. The van der Waals surface area contributed by atoms with Gasteiger partial charge >= 0.3 is 5.97 Å². The van der Waals surface area contributed by atoms with Gasteiger partial charge in [-0.3, -0.25) is 14.4 Å². The van der Waals surface area contributed by atoms with Crippen LogP contribution in [0.2, 0.25) is 5.02 Å². The first-order valence-corrected chi connectivity index (χ1v) is 9.49. The van der Waals surface area contributed by atoms with Crippen molar-refractivity contribution in [2.45, 2.75) is 12.8 Å². The zero-order valence-corrected chi connectivity index (χ0v) is 16.6. The number of hydrogen-bond acceptors (Lipinski definition) is 5. The number of carbonyl (C=O) groups excluding carboxylic acids is 2. The molecule has 3 N–H and O–H groups in total. The number of carboxylic acids is 1. The summed E-state index contributed by atoms with van der Waals surface area (Å²) < 4.78 is 10.6. The molecule has 0 saturated heterocycles. The van der Waals surface area contributed by atoms with Crippen LogP contribution in [-0.2, 0) is 9.59 Å². The number of carboxylic acid groups (broad SMARTS) is 1. The van der Waals surface area contributed by atoms with Crippen LogP contribution >= 0.6 is 11.6 Å². The van der Waals surface area contributed by atoms with Crippen LogP contribution in [0.15, 0.2) is 48.2 Å². The second kappa shape index (κ2) is 9.80. The van der Waals surface area contributed by atoms with Gasteiger partial charge in [0, 0.05) is 13.0 Å². The Hall–Kier alpha value is -3.52. The monoisotopic (exact) mass is 430 g/mol. The molecule has 1 aliphatic rings. The van der Waals surface area contributed by atoms with Crippen molar-refractivity contribution in [2.75, 3.05) is 13.3 Å². The first-order valence-electron chi connectivity index (χ1n) is 9.11. The van der Waals surface area contributed by atoms with Crippen molar-refractivity contribution in [2.24, 2.45) is 0 Å². The first-order chi connectivity index (χ1) is 14.4. The minimum Gasteiger partial charge on any atom is -0.481 e. The van der Waals surface area contributed by atoms with Crippen LogP contribution in [0.5, 0.6) is 11.5 Å². The van der Waals surface area contributed by atoms with E-state index in [4.69, 9.17) is 26.2 Å². The zero-order valence-electron chi connectivity index (χ0n) is 15.8. The van der Waals surface area contributed by atoms with Crippen molar-refractivity contribution in [3.8, 4) is 11.5 Å². The maximum absolute atomic E-state index is 12.6. The number of fused-ring (bicyclic) bond motifs is 1. The van der Waals surface area contributed by atoms with Crippen LogP contribution in [0.25, 0.3) is 6.08 Å². The highest BCUT2D eigenvalue weighted by Crippen LogP contribution is 2.33. The normalized spacial score (nSPS) is 12.4. The van der Waals surface area contributed by atoms with Crippen LogP contribution in [0.1, 0.15) is 28.8 Å². The molecule has 8 nitrogen and oxygen atoms in total. The van der Waals surface area contributed by atoms with Crippen LogP contribution in [0.4, 0.5) is 0 Å². The van der Waals surface area contributed by atoms with Gasteiger partial charge in [-0.2, -0.15) is 0 Å². The van der Waals surface area contributed by atoms with Crippen LogP contribution in [0, 0.1) is 0 Å². The smallest absolute Gasteiger partial charge is 0.303 e. The summed E-state index contributed by atoms with van der Waals surface area (Å²) in [6, 6.07) is 11.6. The Morgan fingerprint density at radius 1 is 1.10 bits per heavy atom. The van der Waals surface area contributed by atoms with E-state index in [0.29, 0.717) is 17.1 Å². The van der Waals surface area contributed by atoms with Crippen molar-refractivity contribution < 1.29 is 29.0 Å². The Kier molecular flexibility index (Phi) is 6.92. The highest BCUT2D eigenvalue weighted by molar-refractivity contribution is 6.34. The molecule has 0 fully saturated rings. The largest absolute Gasteiger partial charge is 0.481 e. The van der Waals surface area contributed by atoms with Gasteiger partial charge < -0.3 is 25.2 Å². The van der Waals surface area contributed by atoms with E-state index in [9.17, 15) is 14.4 Å². The zero-order chi connectivity index (χ0) is 21.5. The maximum atomic E-state index is 12.6. The van der Waals surface area contributed by atoms with Gasteiger partial charge in [0.25, 0.3) is 11.8 Å². The maximum Gasteiger partial charge on any atom is 0.303 e. The molecular formula is C21H19ClN2O6. The Morgan fingerprint density at radius 3 is 2.63 bits per heavy atom. The Bertz CT molecular complexity index is 1000. The number of nitrogens with one attached hydrogen (secondary N) is 2. The Balaban J connectivity index is 1.80. The number of rotatable bonds is 8. The van der Waals surface area contributed by atoms with Crippen LogP contribution < -0.4 is 20.1 Å². The number of halogens is 1. The third-order valence-corrected chi connectivity index (χ3v) is 4.50. The molecule has 9 heteroatoms. The van der Waals surface area contributed by atoms with Crippen molar-refractivity contribution >= 4 is 35.5 Å². The fourth-order valence-corrected chi connectivity index (χ4v) is 2.92. The molecule has 0 aliphatic carbocycles. The highest BCUT2D eigenvalue weighted by atomic mass is 35.5. The van der Waals surface area contributed by atoms with Crippen LogP contribution in [-0.4, -0.2) is 36.2 Å². The predicted molar refractivity (Wildman–Crippen MR) is 109 cm³/mol. The molecule has 1 heterocycles. The van der Waals surface area contributed by atoms with E-state index in [0.717, 1.165) is 0 Å². The van der Waals surface area contributed by atoms with E-state index < -0.39 is 17.8 Å². The molecule has 0 bridgehead atoms. The average molecular weight is 431 g/mol. The number of benzene rings is 2. The molecule has 0 unspecified atom stereocenters. The summed E-state index contributed by atoms with van der Waals surface area (Å²) in [6.45, 7) is 0.258. The van der Waals surface area contributed by atoms with Gasteiger partial charge in [0.2, 0.25) is 6.79 Å². The summed E-state index contributed by atoms with van der Waals surface area (Å²) in [5, 5.41) is 14.1. The molecule has 0 radical (unpaired) electrons. The molecule has 2 amide bonds. The van der Waals surface area contributed by atoms with Gasteiger partial charge in [-0.05, 0) is 42.3 Å². The van der Waals surface area contributed by atoms with Crippen molar-refractivity contribution in [3.63, 3.8) is 0 Å². The molecule has 2 aromatic carbocycles. The van der Waals surface area contributed by atoms with E-state index >= 15 is 0 Å². The van der Waals surface area contributed by atoms with Crippen molar-refractivity contribution in [3.05, 3.63) is 64.3 Å². The van der Waals surface area contributed by atoms with Crippen molar-refractivity contribution in [1.82, 2.24) is 10.6 Å². The summed E-state index contributed by atoms with van der Waals surface area (Å²) in [7, 11) is 0. The topological polar surface area (TPSA) is 114 Å². The second-order valence-electron chi connectivity index (χ2n) is 6.36. The summed E-state index contributed by atoms with van der Waals surface area (Å²) in [5.74, 6) is -0.937. The summed E-state index contributed by atoms with van der Waals surface area (Å²) in [6.07, 6.45) is 1.67. The van der Waals surface area contributed by atoms with E-state index in [-0.39, 0.29) is 42.5 Å². The quantitative estimate of drug-likeness (QED) is 0.438. The molecule has 156 valence electrons. The number of carbonyl (C=O) groups is 3. The molecule has 0 spiro atoms. The highest BCUT2D eigenvalue weighted by Gasteiger charge is 2.18. The molecule has 1 aliphatic heterocycles. The fourth-order valence-electron chi connectivity index (χ4n) is 2.70. The van der Waals surface area contributed by atoms with Gasteiger partial charge in [0.05, 0.1) is 10.6 Å². The van der Waals surface area contributed by atoms with E-state index in [1.807, 2.05) is 0 Å². The standard InChI is InChI=1S/C21H19ClN2O6/c22-15-5-2-1-4-14(15)20(27)24-16(21(28)23-9-3-6-19(25)26)10-13-7-8-17-18(11-13)30-12-29-17/h1-2,4-5,7-8,10-11H,3,6,9,12H2,(H,23,28)(H,24,27)(H,25,26)/b16-10-. The number of aliphatic carboxylic acids is 1. The number of amides is 2. The summed E-state index contributed by atoms with van der Waals surface area (Å²) >= 11 is 6.07. The first kappa shape index (κ1) is 21.2. The predicted octanol–water partition coefficient (Wildman–Crippen LogP) is 2.82. The lowest BCUT2D eigenvalue weighted by molar-refractivity contribution is -0.137. The SMILES string of the molecule is O=C(O)CCCNC(=O)/C(=C/c1ccc2c(c1)OCO2)NC(=O)c1ccccc1Cl. The van der Waals surface area contributed by atoms with Gasteiger partial charge in [-0.25, -0.2) is 0 Å². The van der Waals surface area contributed by atoms with Crippen molar-refractivity contribution in [1.29, 1.82) is 0 Å². The summed E-state index contributed by atoms with van der Waals surface area (Å²) in [5.41, 5.74) is 0.804. The third-order valence-electron chi connectivity index (χ3n) is 4.17. The van der Waals surface area contributed by atoms with Crippen LogP contribution in [0.3, 0.4) is 0 Å². The Labute approximate surface area is 177 Å². The van der Waals surface area contributed by atoms with Gasteiger partial charge in [0.1, 0.15) is 5.70 Å². The molecule has 2 aromatic rings. The molecular weight excluding hydrogens is 412 g/mol. The molecule has 3 rings (SSSR count). The third kappa shape index (κ3) is 5.51. The lowest BCUT2D eigenvalue weighted by Gasteiger charge is -2.12. The summed E-state index contributed by atoms with van der Waals surface area (Å²) in [4.78, 5) is 35.9. The molecule has 0 aromatic heterocycles. The second-order valence-corrected chi connectivity index (χ2v) is 6.77. The number of hydrogen-bond donors (Lipinski definition) is 3. The van der Waals surface area contributed by atoms with Gasteiger partial charge in [-0.1, -0.05) is 29.8 Å². The average Bonchev–Trinajstić information content (AvgIpc) is 3.18. The van der Waals surface area contributed by atoms with E-state index in [1.165, 1.54) is 6.08 Å². The van der Waals surface area contributed by atoms with Gasteiger partial charge in [0.15, 0.2) is 11.5 Å².